The summed E-state index contributed by atoms with van der Waals surface area (Å²) in [5, 5.41) is 3.36. The summed E-state index contributed by atoms with van der Waals surface area (Å²) in [6.45, 7) is 2.89. The molecule has 0 amide bonds. The van der Waals surface area contributed by atoms with Gasteiger partial charge in [0.05, 0.1) is 12.2 Å². The molecule has 1 spiro atoms. The zero-order valence-electron chi connectivity index (χ0n) is 6.81. The van der Waals surface area contributed by atoms with Crippen molar-refractivity contribution in [3.63, 3.8) is 0 Å². The molecule has 3 nitrogen and oxygen atoms in total. The van der Waals surface area contributed by atoms with Crippen molar-refractivity contribution in [2.75, 3.05) is 19.7 Å². The van der Waals surface area contributed by atoms with E-state index in [1.165, 1.54) is 12.8 Å². The van der Waals surface area contributed by atoms with Gasteiger partial charge in [-0.15, -0.1) is 0 Å². The molecule has 0 aliphatic carbocycles. The molecule has 2 rings (SSSR count). The number of hydrogen-bond acceptors (Lipinski definition) is 3. The van der Waals surface area contributed by atoms with Crippen LogP contribution < -0.4 is 11.1 Å². The Kier molecular flexibility index (Phi) is 1.87. The Balaban J connectivity index is 1.98. The van der Waals surface area contributed by atoms with Crippen LogP contribution >= 0.6 is 0 Å². The Bertz CT molecular complexity index is 138. The SMILES string of the molecule is NC1COC2(CCCNC2)C1. The molecule has 0 radical (unpaired) electrons. The molecule has 2 aliphatic heterocycles. The molecule has 2 saturated heterocycles. The van der Waals surface area contributed by atoms with Crippen molar-refractivity contribution < 1.29 is 4.74 Å². The molecule has 0 bridgehead atoms. The second kappa shape index (κ2) is 2.73. The number of nitrogens with one attached hydrogen (secondary N) is 1. The van der Waals surface area contributed by atoms with Gasteiger partial charge >= 0.3 is 0 Å². The van der Waals surface area contributed by atoms with Gasteiger partial charge in [0, 0.05) is 12.6 Å². The molecule has 2 unspecified atom stereocenters. The zero-order valence-corrected chi connectivity index (χ0v) is 6.81. The molecule has 0 aromatic rings. The maximum absolute atomic E-state index is 5.79. The van der Waals surface area contributed by atoms with Crippen LogP contribution in [-0.2, 0) is 4.74 Å². The van der Waals surface area contributed by atoms with Crippen molar-refractivity contribution in [1.29, 1.82) is 0 Å². The molecule has 11 heavy (non-hydrogen) atoms. The summed E-state index contributed by atoms with van der Waals surface area (Å²) in [4.78, 5) is 0. The largest absolute Gasteiger partial charge is 0.372 e. The quantitative estimate of drug-likeness (QED) is 0.513. The minimum atomic E-state index is 0.109. The van der Waals surface area contributed by atoms with E-state index in [2.05, 4.69) is 5.32 Å². The van der Waals surface area contributed by atoms with Crippen molar-refractivity contribution in [2.45, 2.75) is 30.9 Å². The Morgan fingerprint density at radius 3 is 3.00 bits per heavy atom. The summed E-state index contributed by atoms with van der Waals surface area (Å²) in [5.41, 5.74) is 5.90. The third-order valence-electron chi connectivity index (χ3n) is 2.67. The fourth-order valence-electron chi connectivity index (χ4n) is 2.12. The molecule has 3 N–H and O–H groups in total. The standard InChI is InChI=1S/C8H16N2O/c9-7-4-8(11-5-7)2-1-3-10-6-8/h7,10H,1-6,9H2. The van der Waals surface area contributed by atoms with E-state index in [4.69, 9.17) is 10.5 Å². The number of nitrogens with two attached hydrogens (primary N) is 1. The normalized spacial score (nSPS) is 45.0. The summed E-state index contributed by atoms with van der Waals surface area (Å²) in [6.07, 6.45) is 3.46. The highest BCUT2D eigenvalue weighted by Gasteiger charge is 2.39. The van der Waals surface area contributed by atoms with Crippen LogP contribution in [0.2, 0.25) is 0 Å². The van der Waals surface area contributed by atoms with E-state index in [1.807, 2.05) is 0 Å². The molecule has 2 heterocycles. The molecule has 2 atom stereocenters. The predicted octanol–water partition coefficient (Wildman–Crippen LogP) is -0.144. The van der Waals surface area contributed by atoms with Crippen LogP contribution in [0.4, 0.5) is 0 Å². The maximum Gasteiger partial charge on any atom is 0.0823 e. The molecule has 2 fully saturated rings. The molecular formula is C8H16N2O. The monoisotopic (exact) mass is 156 g/mol. The second-order valence-electron chi connectivity index (χ2n) is 3.74. The number of rotatable bonds is 0. The first-order valence-electron chi connectivity index (χ1n) is 4.41. The summed E-state index contributed by atoms with van der Waals surface area (Å²) in [6, 6.07) is 0.273. The first kappa shape index (κ1) is 7.53. The van der Waals surface area contributed by atoms with Crippen molar-refractivity contribution >= 4 is 0 Å². The summed E-state index contributed by atoms with van der Waals surface area (Å²) in [7, 11) is 0. The average molecular weight is 156 g/mol. The summed E-state index contributed by atoms with van der Waals surface area (Å²) < 4.78 is 5.71. The number of piperidine rings is 1. The van der Waals surface area contributed by atoms with Crippen LogP contribution in [0.15, 0.2) is 0 Å². The van der Waals surface area contributed by atoms with Gasteiger partial charge in [-0.2, -0.15) is 0 Å². The Morgan fingerprint density at radius 1 is 1.55 bits per heavy atom. The van der Waals surface area contributed by atoms with Gasteiger partial charge in [0.15, 0.2) is 0 Å². The van der Waals surface area contributed by atoms with E-state index in [1.54, 1.807) is 0 Å². The fraction of sp³-hybridized carbons (Fsp3) is 1.00. The number of ether oxygens (including phenoxy) is 1. The minimum absolute atomic E-state index is 0.109. The lowest BCUT2D eigenvalue weighted by atomic mass is 9.90. The van der Waals surface area contributed by atoms with E-state index in [9.17, 15) is 0 Å². The van der Waals surface area contributed by atoms with E-state index in [0.717, 1.165) is 26.1 Å². The van der Waals surface area contributed by atoms with Crippen LogP contribution in [0.3, 0.4) is 0 Å². The third kappa shape index (κ3) is 1.41. The first-order valence-corrected chi connectivity index (χ1v) is 4.41. The van der Waals surface area contributed by atoms with Gasteiger partial charge in [-0.25, -0.2) is 0 Å². The van der Waals surface area contributed by atoms with Crippen molar-refractivity contribution in [2.24, 2.45) is 5.73 Å². The van der Waals surface area contributed by atoms with E-state index in [0.29, 0.717) is 0 Å². The van der Waals surface area contributed by atoms with Crippen LogP contribution in [0.25, 0.3) is 0 Å². The van der Waals surface area contributed by atoms with Gasteiger partial charge < -0.3 is 15.8 Å². The minimum Gasteiger partial charge on any atom is -0.372 e. The molecule has 64 valence electrons. The van der Waals surface area contributed by atoms with Crippen LogP contribution in [0, 0.1) is 0 Å². The molecular weight excluding hydrogens is 140 g/mol. The molecule has 2 aliphatic rings. The zero-order chi connectivity index (χ0) is 7.73. The lowest BCUT2D eigenvalue weighted by Gasteiger charge is -2.32. The maximum atomic E-state index is 5.79. The van der Waals surface area contributed by atoms with E-state index >= 15 is 0 Å². The Hall–Kier alpha value is -0.120. The van der Waals surface area contributed by atoms with Gasteiger partial charge in [0.25, 0.3) is 0 Å². The molecule has 0 aromatic heterocycles. The predicted molar refractivity (Wildman–Crippen MR) is 43.4 cm³/mol. The highest BCUT2D eigenvalue weighted by atomic mass is 16.5. The highest BCUT2D eigenvalue weighted by molar-refractivity contribution is 4.94. The fourth-order valence-corrected chi connectivity index (χ4v) is 2.12. The molecule has 0 aromatic carbocycles. The average Bonchev–Trinajstić information content (AvgIpc) is 2.34. The van der Waals surface area contributed by atoms with Crippen molar-refractivity contribution in [3.8, 4) is 0 Å². The Morgan fingerprint density at radius 2 is 2.45 bits per heavy atom. The molecule has 3 heteroatoms. The Labute approximate surface area is 67.3 Å². The summed E-state index contributed by atoms with van der Waals surface area (Å²) >= 11 is 0. The van der Waals surface area contributed by atoms with Gasteiger partial charge in [-0.1, -0.05) is 0 Å². The van der Waals surface area contributed by atoms with Crippen LogP contribution in [-0.4, -0.2) is 31.3 Å². The van der Waals surface area contributed by atoms with Gasteiger partial charge in [0.2, 0.25) is 0 Å². The van der Waals surface area contributed by atoms with Gasteiger partial charge in [0.1, 0.15) is 0 Å². The lowest BCUT2D eigenvalue weighted by molar-refractivity contribution is -0.0139. The third-order valence-corrected chi connectivity index (χ3v) is 2.67. The van der Waals surface area contributed by atoms with Crippen LogP contribution in [0.1, 0.15) is 19.3 Å². The lowest BCUT2D eigenvalue weighted by Crippen LogP contribution is -2.45. The van der Waals surface area contributed by atoms with Crippen molar-refractivity contribution in [1.82, 2.24) is 5.32 Å². The van der Waals surface area contributed by atoms with E-state index < -0.39 is 0 Å². The number of hydrogen-bond donors (Lipinski definition) is 2. The highest BCUT2D eigenvalue weighted by Crippen LogP contribution is 2.30. The first-order chi connectivity index (χ1) is 5.31. The van der Waals surface area contributed by atoms with Crippen LogP contribution in [0.5, 0.6) is 0 Å². The smallest absolute Gasteiger partial charge is 0.0823 e. The van der Waals surface area contributed by atoms with Gasteiger partial charge in [-0.3, -0.25) is 0 Å². The molecule has 0 saturated carbocycles. The summed E-state index contributed by atoms with van der Waals surface area (Å²) in [5.74, 6) is 0. The van der Waals surface area contributed by atoms with Gasteiger partial charge in [-0.05, 0) is 25.8 Å². The topological polar surface area (TPSA) is 47.3 Å². The second-order valence-corrected chi connectivity index (χ2v) is 3.74. The van der Waals surface area contributed by atoms with Crippen molar-refractivity contribution in [3.05, 3.63) is 0 Å². The van der Waals surface area contributed by atoms with E-state index in [-0.39, 0.29) is 11.6 Å².